The fraction of sp³-hybridized carbons (Fsp3) is 0.167. The third-order valence-corrected chi connectivity index (χ3v) is 4.34. The van der Waals surface area contributed by atoms with Crippen molar-refractivity contribution in [1.82, 2.24) is 9.71 Å². The second-order valence-electron chi connectivity index (χ2n) is 5.55. The summed E-state index contributed by atoms with van der Waals surface area (Å²) in [6, 6.07) is 21.1. The van der Waals surface area contributed by atoms with Crippen LogP contribution in [0.5, 0.6) is 0 Å². The van der Waals surface area contributed by atoms with Crippen molar-refractivity contribution >= 4 is 20.9 Å². The zero-order valence-corrected chi connectivity index (χ0v) is 13.6. The highest BCUT2D eigenvalue weighted by atomic mass is 32.2. The summed E-state index contributed by atoms with van der Waals surface area (Å²) in [5, 5.41) is 1.07. The van der Waals surface area contributed by atoms with E-state index in [1.54, 1.807) is 0 Å². The van der Waals surface area contributed by atoms with E-state index < -0.39 is 10.0 Å². The van der Waals surface area contributed by atoms with Gasteiger partial charge in [0.15, 0.2) is 0 Å². The molecule has 4 nitrogen and oxygen atoms in total. The number of hydrogen-bond donors (Lipinski definition) is 1. The Bertz CT molecular complexity index is 908. The number of nitrogens with zero attached hydrogens (tertiary/aromatic N) is 1. The first-order valence-corrected chi connectivity index (χ1v) is 9.27. The Hall–Kier alpha value is -2.24. The SMILES string of the molecule is CS(=O)(=O)N[C@H](Cc1ccc2ccccc2n1)c1ccccc1. The van der Waals surface area contributed by atoms with Gasteiger partial charge in [-0.25, -0.2) is 13.1 Å². The van der Waals surface area contributed by atoms with Crippen molar-refractivity contribution in [2.45, 2.75) is 12.5 Å². The van der Waals surface area contributed by atoms with E-state index in [1.165, 1.54) is 6.26 Å². The summed E-state index contributed by atoms with van der Waals surface area (Å²) in [6.07, 6.45) is 1.68. The number of pyridine rings is 1. The summed E-state index contributed by atoms with van der Waals surface area (Å²) >= 11 is 0. The van der Waals surface area contributed by atoms with E-state index in [2.05, 4.69) is 9.71 Å². The standard InChI is InChI=1S/C18H18N2O2S/c1-23(21,22)20-18(14-7-3-2-4-8-14)13-16-12-11-15-9-5-6-10-17(15)19-16/h2-12,18,20H,13H2,1H3/t18-/m1/s1. The van der Waals surface area contributed by atoms with E-state index in [-0.39, 0.29) is 6.04 Å². The van der Waals surface area contributed by atoms with Crippen molar-refractivity contribution in [1.29, 1.82) is 0 Å². The van der Waals surface area contributed by atoms with Gasteiger partial charge >= 0.3 is 0 Å². The maximum atomic E-state index is 11.7. The van der Waals surface area contributed by atoms with Crippen molar-refractivity contribution in [3.05, 3.63) is 78.0 Å². The zero-order chi connectivity index (χ0) is 16.3. The van der Waals surface area contributed by atoms with E-state index >= 15 is 0 Å². The smallest absolute Gasteiger partial charge is 0.209 e. The van der Waals surface area contributed by atoms with Crippen molar-refractivity contribution < 1.29 is 8.42 Å². The molecule has 1 heterocycles. The fourth-order valence-corrected chi connectivity index (χ4v) is 3.34. The van der Waals surface area contributed by atoms with E-state index in [0.29, 0.717) is 6.42 Å². The lowest BCUT2D eigenvalue weighted by Gasteiger charge is -2.18. The van der Waals surface area contributed by atoms with Crippen LogP contribution in [0.15, 0.2) is 66.7 Å². The Morgan fingerprint density at radius 2 is 1.65 bits per heavy atom. The molecule has 0 unspecified atom stereocenters. The molecule has 0 bridgehead atoms. The summed E-state index contributed by atoms with van der Waals surface area (Å²) in [4.78, 5) is 4.64. The number of aromatic nitrogens is 1. The maximum Gasteiger partial charge on any atom is 0.209 e. The topological polar surface area (TPSA) is 59.1 Å². The van der Waals surface area contributed by atoms with Crippen LogP contribution in [0.2, 0.25) is 0 Å². The van der Waals surface area contributed by atoms with Crippen LogP contribution in [0.3, 0.4) is 0 Å². The molecule has 0 fully saturated rings. The fourth-order valence-electron chi connectivity index (χ4n) is 2.60. The van der Waals surface area contributed by atoms with Gasteiger partial charge in [0.2, 0.25) is 10.0 Å². The van der Waals surface area contributed by atoms with Gasteiger partial charge in [0.05, 0.1) is 17.8 Å². The van der Waals surface area contributed by atoms with E-state index in [4.69, 9.17) is 0 Å². The average molecular weight is 326 g/mol. The molecule has 0 aliphatic rings. The van der Waals surface area contributed by atoms with Crippen LogP contribution in [0, 0.1) is 0 Å². The molecule has 0 amide bonds. The molecule has 0 saturated heterocycles. The molecule has 0 spiro atoms. The third kappa shape index (κ3) is 4.15. The molecule has 0 radical (unpaired) electrons. The second kappa shape index (κ2) is 6.48. The van der Waals surface area contributed by atoms with Crippen molar-refractivity contribution in [3.8, 4) is 0 Å². The Kier molecular flexibility index (Phi) is 4.41. The highest BCUT2D eigenvalue weighted by Gasteiger charge is 2.17. The largest absolute Gasteiger partial charge is 0.253 e. The normalized spacial score (nSPS) is 13.1. The summed E-state index contributed by atoms with van der Waals surface area (Å²) in [6.45, 7) is 0. The van der Waals surface area contributed by atoms with E-state index in [1.807, 2.05) is 66.7 Å². The number of para-hydroxylation sites is 1. The van der Waals surface area contributed by atoms with Crippen LogP contribution in [-0.4, -0.2) is 19.7 Å². The van der Waals surface area contributed by atoms with Crippen LogP contribution in [0.4, 0.5) is 0 Å². The molecule has 1 atom stereocenters. The van der Waals surface area contributed by atoms with Gasteiger partial charge in [0.25, 0.3) is 0 Å². The van der Waals surface area contributed by atoms with Crippen LogP contribution < -0.4 is 4.72 Å². The van der Waals surface area contributed by atoms with Gasteiger partial charge < -0.3 is 0 Å². The Balaban J connectivity index is 1.93. The molecule has 3 rings (SSSR count). The van der Waals surface area contributed by atoms with Gasteiger partial charge in [0, 0.05) is 17.5 Å². The lowest BCUT2D eigenvalue weighted by Crippen LogP contribution is -2.29. The molecule has 0 aliphatic carbocycles. The lowest BCUT2D eigenvalue weighted by atomic mass is 10.0. The molecule has 1 N–H and O–H groups in total. The quantitative estimate of drug-likeness (QED) is 0.784. The minimum Gasteiger partial charge on any atom is -0.253 e. The van der Waals surface area contributed by atoms with Crippen LogP contribution in [0.25, 0.3) is 10.9 Å². The van der Waals surface area contributed by atoms with Gasteiger partial charge in [-0.15, -0.1) is 0 Å². The Morgan fingerprint density at radius 1 is 0.957 bits per heavy atom. The molecule has 23 heavy (non-hydrogen) atoms. The first kappa shape index (κ1) is 15.6. The number of rotatable bonds is 5. The first-order chi connectivity index (χ1) is 11.0. The summed E-state index contributed by atoms with van der Waals surface area (Å²) < 4.78 is 26.1. The second-order valence-corrected chi connectivity index (χ2v) is 7.33. The highest BCUT2D eigenvalue weighted by molar-refractivity contribution is 7.88. The number of hydrogen-bond acceptors (Lipinski definition) is 3. The Labute approximate surface area is 136 Å². The molecular weight excluding hydrogens is 308 g/mol. The first-order valence-electron chi connectivity index (χ1n) is 7.38. The molecule has 3 aromatic rings. The van der Waals surface area contributed by atoms with Crippen molar-refractivity contribution in [2.75, 3.05) is 6.26 Å². The number of nitrogens with one attached hydrogen (secondary N) is 1. The molecular formula is C18H18N2O2S. The van der Waals surface area contributed by atoms with Crippen molar-refractivity contribution in [2.24, 2.45) is 0 Å². The van der Waals surface area contributed by atoms with Gasteiger partial charge in [0.1, 0.15) is 0 Å². The van der Waals surface area contributed by atoms with Gasteiger partial charge in [-0.1, -0.05) is 54.6 Å². The molecule has 0 aliphatic heterocycles. The van der Waals surface area contributed by atoms with E-state index in [9.17, 15) is 8.42 Å². The zero-order valence-electron chi connectivity index (χ0n) is 12.8. The lowest BCUT2D eigenvalue weighted by molar-refractivity contribution is 0.559. The highest BCUT2D eigenvalue weighted by Crippen LogP contribution is 2.20. The van der Waals surface area contributed by atoms with E-state index in [0.717, 1.165) is 22.2 Å². The predicted molar refractivity (Wildman–Crippen MR) is 92.6 cm³/mol. The molecule has 1 aromatic heterocycles. The number of benzene rings is 2. The van der Waals surface area contributed by atoms with Crippen LogP contribution in [0.1, 0.15) is 17.3 Å². The molecule has 118 valence electrons. The monoisotopic (exact) mass is 326 g/mol. The van der Waals surface area contributed by atoms with Gasteiger partial charge in [-0.3, -0.25) is 4.98 Å². The third-order valence-electron chi connectivity index (χ3n) is 3.63. The van der Waals surface area contributed by atoms with Crippen LogP contribution in [-0.2, 0) is 16.4 Å². The molecule has 2 aromatic carbocycles. The van der Waals surface area contributed by atoms with Gasteiger partial charge in [-0.05, 0) is 17.7 Å². The summed E-state index contributed by atoms with van der Waals surface area (Å²) in [5.74, 6) is 0. The minimum absolute atomic E-state index is 0.333. The van der Waals surface area contributed by atoms with Crippen molar-refractivity contribution in [3.63, 3.8) is 0 Å². The predicted octanol–water partition coefficient (Wildman–Crippen LogP) is 3.07. The Morgan fingerprint density at radius 3 is 2.39 bits per heavy atom. The number of sulfonamides is 1. The maximum absolute atomic E-state index is 11.7. The number of fused-ring (bicyclic) bond motifs is 1. The summed E-state index contributed by atoms with van der Waals surface area (Å²) in [7, 11) is -3.31. The van der Waals surface area contributed by atoms with Gasteiger partial charge in [-0.2, -0.15) is 0 Å². The average Bonchev–Trinajstić information content (AvgIpc) is 2.54. The summed E-state index contributed by atoms with van der Waals surface area (Å²) in [5.41, 5.74) is 2.69. The molecule has 0 saturated carbocycles. The van der Waals surface area contributed by atoms with Crippen LogP contribution >= 0.6 is 0 Å². The minimum atomic E-state index is -3.31. The molecule has 5 heteroatoms.